The lowest BCUT2D eigenvalue weighted by Gasteiger charge is -2.14. The molecule has 1 aromatic heterocycles. The quantitative estimate of drug-likeness (QED) is 0.208. The van der Waals surface area contributed by atoms with E-state index in [0.29, 0.717) is 11.1 Å². The van der Waals surface area contributed by atoms with Crippen molar-refractivity contribution in [2.24, 2.45) is 0 Å². The number of ketones is 1. The summed E-state index contributed by atoms with van der Waals surface area (Å²) in [7, 11) is 0. The predicted molar refractivity (Wildman–Crippen MR) is 169 cm³/mol. The maximum absolute atomic E-state index is 13.4. The van der Waals surface area contributed by atoms with Gasteiger partial charge in [0.25, 0.3) is 0 Å². The largest absolute Gasteiger partial charge is 0.455 e. The molecule has 41 heavy (non-hydrogen) atoms. The lowest BCUT2D eigenvalue weighted by atomic mass is 9.90. The van der Waals surface area contributed by atoms with Gasteiger partial charge in [0.05, 0.1) is 0 Å². The molecular weight excluding hydrogens is 500 g/mol. The molecule has 0 saturated heterocycles. The van der Waals surface area contributed by atoms with Crippen LogP contribution >= 0.6 is 0 Å². The molecule has 0 fully saturated rings. The fourth-order valence-electron chi connectivity index (χ4n) is 5.86. The van der Waals surface area contributed by atoms with E-state index in [-0.39, 0.29) is 5.78 Å². The number of hydrogen-bond donors (Lipinski definition) is 0. The van der Waals surface area contributed by atoms with Crippen molar-refractivity contribution in [2.45, 2.75) is 13.8 Å². The first-order valence-electron chi connectivity index (χ1n) is 13.9. The first-order valence-corrected chi connectivity index (χ1v) is 13.9. The molecule has 0 atom stereocenters. The van der Waals surface area contributed by atoms with Crippen molar-refractivity contribution in [2.75, 3.05) is 0 Å². The average Bonchev–Trinajstić information content (AvgIpc) is 3.41. The summed E-state index contributed by atoms with van der Waals surface area (Å²) in [5.74, 6) is 0.00966. The van der Waals surface area contributed by atoms with Crippen molar-refractivity contribution in [1.82, 2.24) is 0 Å². The molecule has 0 amide bonds. The van der Waals surface area contributed by atoms with Gasteiger partial charge >= 0.3 is 0 Å². The molecule has 2 heteroatoms. The van der Waals surface area contributed by atoms with Gasteiger partial charge in [0, 0.05) is 27.5 Å². The summed E-state index contributed by atoms with van der Waals surface area (Å²) in [5, 5.41) is 2.20. The monoisotopic (exact) mass is 528 g/mol. The van der Waals surface area contributed by atoms with E-state index < -0.39 is 0 Å². The molecule has 0 aliphatic carbocycles. The maximum atomic E-state index is 13.4. The number of hydrogen-bond acceptors (Lipinski definition) is 2. The summed E-state index contributed by atoms with van der Waals surface area (Å²) >= 11 is 0. The van der Waals surface area contributed by atoms with Crippen LogP contribution in [0.25, 0.3) is 55.3 Å². The topological polar surface area (TPSA) is 30.2 Å². The highest BCUT2D eigenvalue weighted by Crippen LogP contribution is 2.36. The standard InChI is InChI=1S/C39H28O2/c1-25-9-3-4-10-31(25)33-13-7-12-32(26(33)2)27-17-21-29(22-18-27)38(40)30-23-19-28(20-24-30)34-14-8-15-36-35-11-5-6-16-37(35)41-39(34)36/h3-24H,1-2H3. The Labute approximate surface area is 239 Å². The van der Waals surface area contributed by atoms with Crippen molar-refractivity contribution < 1.29 is 9.21 Å². The van der Waals surface area contributed by atoms with E-state index >= 15 is 0 Å². The second-order valence-corrected chi connectivity index (χ2v) is 10.6. The molecule has 0 aliphatic heterocycles. The number of carbonyl (C=O) groups is 1. The molecule has 0 spiro atoms. The molecule has 0 N–H and O–H groups in total. The zero-order valence-corrected chi connectivity index (χ0v) is 23.0. The Bertz CT molecular complexity index is 2060. The van der Waals surface area contributed by atoms with E-state index in [1.54, 1.807) is 0 Å². The van der Waals surface area contributed by atoms with Crippen LogP contribution in [0.4, 0.5) is 0 Å². The van der Waals surface area contributed by atoms with Crippen molar-refractivity contribution >= 4 is 27.7 Å². The minimum atomic E-state index is 0.00966. The SMILES string of the molecule is Cc1ccccc1-c1cccc(-c2ccc(C(=O)c3ccc(-c4cccc5c4oc4ccccc45)cc3)cc2)c1C. The van der Waals surface area contributed by atoms with Crippen LogP contribution in [0.5, 0.6) is 0 Å². The van der Waals surface area contributed by atoms with Gasteiger partial charge in [-0.05, 0) is 58.9 Å². The van der Waals surface area contributed by atoms with Crippen LogP contribution in [0.1, 0.15) is 27.0 Å². The zero-order valence-electron chi connectivity index (χ0n) is 23.0. The molecular formula is C39H28O2. The highest BCUT2D eigenvalue weighted by molar-refractivity contribution is 6.11. The van der Waals surface area contributed by atoms with Gasteiger partial charge in [-0.1, -0.05) is 127 Å². The maximum Gasteiger partial charge on any atom is 0.193 e. The average molecular weight is 529 g/mol. The Hall–Kier alpha value is -5.21. The molecule has 0 bridgehead atoms. The van der Waals surface area contributed by atoms with Gasteiger partial charge in [-0.25, -0.2) is 0 Å². The van der Waals surface area contributed by atoms with Crippen molar-refractivity contribution in [3.63, 3.8) is 0 Å². The number of fused-ring (bicyclic) bond motifs is 3. The fourth-order valence-corrected chi connectivity index (χ4v) is 5.86. The van der Waals surface area contributed by atoms with E-state index in [1.165, 1.54) is 27.8 Å². The second-order valence-electron chi connectivity index (χ2n) is 10.6. The number of rotatable bonds is 5. The van der Waals surface area contributed by atoms with E-state index in [1.807, 2.05) is 66.7 Å². The number of aryl methyl sites for hydroxylation is 1. The minimum absolute atomic E-state index is 0.00966. The van der Waals surface area contributed by atoms with Crippen LogP contribution in [0, 0.1) is 13.8 Å². The van der Waals surface area contributed by atoms with Crippen LogP contribution in [-0.2, 0) is 0 Å². The molecule has 6 aromatic carbocycles. The number of benzene rings is 6. The van der Waals surface area contributed by atoms with E-state index in [0.717, 1.165) is 38.6 Å². The Kier molecular flexibility index (Phi) is 6.10. The Morgan fingerprint density at radius 3 is 1.76 bits per heavy atom. The van der Waals surface area contributed by atoms with Gasteiger partial charge in [0.15, 0.2) is 5.78 Å². The van der Waals surface area contributed by atoms with Crippen LogP contribution < -0.4 is 0 Å². The van der Waals surface area contributed by atoms with Gasteiger partial charge in [-0.15, -0.1) is 0 Å². The molecule has 0 aliphatic rings. The summed E-state index contributed by atoms with van der Waals surface area (Å²) in [6, 6.07) is 45.0. The van der Waals surface area contributed by atoms with Crippen molar-refractivity contribution in [3.8, 4) is 33.4 Å². The van der Waals surface area contributed by atoms with E-state index in [4.69, 9.17) is 4.42 Å². The highest BCUT2D eigenvalue weighted by atomic mass is 16.3. The molecule has 0 saturated carbocycles. The summed E-state index contributed by atoms with van der Waals surface area (Å²) in [6.07, 6.45) is 0. The third kappa shape index (κ3) is 4.34. The van der Waals surface area contributed by atoms with E-state index in [2.05, 4.69) is 80.6 Å². The molecule has 196 valence electrons. The predicted octanol–water partition coefficient (Wildman–Crippen LogP) is 10.4. The van der Waals surface area contributed by atoms with Crippen LogP contribution in [0.15, 0.2) is 138 Å². The van der Waals surface area contributed by atoms with Crippen LogP contribution in [0.2, 0.25) is 0 Å². The lowest BCUT2D eigenvalue weighted by molar-refractivity contribution is 0.103. The zero-order chi connectivity index (χ0) is 27.9. The van der Waals surface area contributed by atoms with Crippen LogP contribution in [-0.4, -0.2) is 5.78 Å². The van der Waals surface area contributed by atoms with E-state index in [9.17, 15) is 4.79 Å². The normalized spacial score (nSPS) is 11.3. The summed E-state index contributed by atoms with van der Waals surface area (Å²) in [4.78, 5) is 13.4. The second kappa shape index (κ2) is 10.1. The molecule has 2 nitrogen and oxygen atoms in total. The summed E-state index contributed by atoms with van der Waals surface area (Å²) < 4.78 is 6.21. The third-order valence-corrected chi connectivity index (χ3v) is 8.09. The number of furan rings is 1. The lowest BCUT2D eigenvalue weighted by Crippen LogP contribution is -2.01. The van der Waals surface area contributed by atoms with Gasteiger partial charge in [0.2, 0.25) is 0 Å². The van der Waals surface area contributed by atoms with Crippen molar-refractivity contribution in [3.05, 3.63) is 156 Å². The Morgan fingerprint density at radius 2 is 1.02 bits per heavy atom. The van der Waals surface area contributed by atoms with Crippen LogP contribution in [0.3, 0.4) is 0 Å². The van der Waals surface area contributed by atoms with Gasteiger partial charge in [-0.3, -0.25) is 4.79 Å². The third-order valence-electron chi connectivity index (χ3n) is 8.09. The van der Waals surface area contributed by atoms with Gasteiger partial charge in [0.1, 0.15) is 11.2 Å². The molecule has 7 rings (SSSR count). The number of para-hydroxylation sites is 2. The smallest absolute Gasteiger partial charge is 0.193 e. The molecule has 0 radical (unpaired) electrons. The summed E-state index contributed by atoms with van der Waals surface area (Å²) in [6.45, 7) is 4.32. The summed E-state index contributed by atoms with van der Waals surface area (Å²) in [5.41, 5.74) is 12.4. The molecule has 7 aromatic rings. The Morgan fingerprint density at radius 1 is 0.488 bits per heavy atom. The fraction of sp³-hybridized carbons (Fsp3) is 0.0513. The highest BCUT2D eigenvalue weighted by Gasteiger charge is 2.15. The number of carbonyl (C=O) groups excluding carboxylic acids is 1. The van der Waals surface area contributed by atoms with Crippen molar-refractivity contribution in [1.29, 1.82) is 0 Å². The first kappa shape index (κ1) is 24.8. The van der Waals surface area contributed by atoms with Gasteiger partial charge in [-0.2, -0.15) is 0 Å². The van der Waals surface area contributed by atoms with Gasteiger partial charge < -0.3 is 4.42 Å². The molecule has 0 unspecified atom stereocenters. The Balaban J connectivity index is 1.16. The minimum Gasteiger partial charge on any atom is -0.455 e. The molecule has 1 heterocycles. The first-order chi connectivity index (χ1) is 20.1.